The van der Waals surface area contributed by atoms with Gasteiger partial charge < -0.3 is 10.1 Å². The van der Waals surface area contributed by atoms with Crippen molar-refractivity contribution in [2.24, 2.45) is 5.92 Å². The molecule has 0 aliphatic heterocycles. The smallest absolute Gasteiger partial charge is 0.145 e. The molecule has 1 aromatic rings. The lowest BCUT2D eigenvalue weighted by atomic mass is 9.96. The average molecular weight is 288 g/mol. The fourth-order valence-corrected chi connectivity index (χ4v) is 2.53. The van der Waals surface area contributed by atoms with Gasteiger partial charge in [-0.25, -0.2) is 4.39 Å². The summed E-state index contributed by atoms with van der Waals surface area (Å²) in [6.07, 6.45) is 1.60. The maximum atomic E-state index is 13.9. The molecule has 0 aliphatic carbocycles. The van der Waals surface area contributed by atoms with E-state index in [0.29, 0.717) is 17.9 Å². The van der Waals surface area contributed by atoms with Crippen LogP contribution in [-0.4, -0.2) is 26.3 Å². The Morgan fingerprint density at radius 2 is 2.16 bits per heavy atom. The van der Waals surface area contributed by atoms with Gasteiger partial charge >= 0.3 is 0 Å². The van der Waals surface area contributed by atoms with Crippen LogP contribution < -0.4 is 5.32 Å². The van der Waals surface area contributed by atoms with Crippen molar-refractivity contribution in [3.8, 4) is 0 Å². The van der Waals surface area contributed by atoms with Crippen LogP contribution in [0.15, 0.2) is 18.2 Å². The summed E-state index contributed by atoms with van der Waals surface area (Å²) >= 11 is 5.81. The number of methoxy groups -OCH3 is 1. The van der Waals surface area contributed by atoms with Crippen molar-refractivity contribution in [1.29, 1.82) is 0 Å². The first-order chi connectivity index (χ1) is 9.08. The van der Waals surface area contributed by atoms with E-state index in [-0.39, 0.29) is 16.9 Å². The highest BCUT2D eigenvalue weighted by Gasteiger charge is 2.16. The highest BCUT2D eigenvalue weighted by Crippen LogP contribution is 2.20. The third-order valence-electron chi connectivity index (χ3n) is 3.13. The largest absolute Gasteiger partial charge is 0.384 e. The quantitative estimate of drug-likeness (QED) is 0.788. The van der Waals surface area contributed by atoms with Gasteiger partial charge in [-0.1, -0.05) is 37.6 Å². The molecule has 0 spiro atoms. The highest BCUT2D eigenvalue weighted by molar-refractivity contribution is 6.30. The average Bonchev–Trinajstić information content (AvgIpc) is 2.35. The molecule has 108 valence electrons. The first-order valence-corrected chi connectivity index (χ1v) is 7.11. The first-order valence-electron chi connectivity index (χ1n) is 6.73. The molecule has 1 aromatic carbocycles. The summed E-state index contributed by atoms with van der Waals surface area (Å²) in [5.74, 6) is 0.141. The van der Waals surface area contributed by atoms with Gasteiger partial charge in [-0.2, -0.15) is 0 Å². The number of rotatable bonds is 8. The van der Waals surface area contributed by atoms with Crippen molar-refractivity contribution >= 4 is 11.6 Å². The normalized spacial score (nSPS) is 14.4. The molecule has 0 aromatic heterocycles. The lowest BCUT2D eigenvalue weighted by Gasteiger charge is -2.22. The first kappa shape index (κ1) is 16.4. The summed E-state index contributed by atoms with van der Waals surface area (Å²) in [6.45, 7) is 5.79. The van der Waals surface area contributed by atoms with E-state index in [2.05, 4.69) is 19.2 Å². The summed E-state index contributed by atoms with van der Waals surface area (Å²) < 4.78 is 19.1. The van der Waals surface area contributed by atoms with E-state index >= 15 is 0 Å². The van der Waals surface area contributed by atoms with Gasteiger partial charge in [0.25, 0.3) is 0 Å². The van der Waals surface area contributed by atoms with Gasteiger partial charge in [-0.05, 0) is 36.9 Å². The predicted molar refractivity (Wildman–Crippen MR) is 78.2 cm³/mol. The number of halogens is 2. The van der Waals surface area contributed by atoms with Gasteiger partial charge in [0.15, 0.2) is 0 Å². The second kappa shape index (κ2) is 8.51. The molecule has 0 heterocycles. The minimum atomic E-state index is -0.300. The minimum Gasteiger partial charge on any atom is -0.384 e. The molecule has 0 amide bonds. The van der Waals surface area contributed by atoms with Crippen LogP contribution in [0.5, 0.6) is 0 Å². The summed E-state index contributed by atoms with van der Waals surface area (Å²) in [4.78, 5) is 0. The van der Waals surface area contributed by atoms with Crippen LogP contribution in [0, 0.1) is 11.7 Å². The Morgan fingerprint density at radius 3 is 2.79 bits per heavy atom. The van der Waals surface area contributed by atoms with Gasteiger partial charge in [0, 0.05) is 19.8 Å². The van der Waals surface area contributed by atoms with Crippen molar-refractivity contribution in [2.45, 2.75) is 32.7 Å². The second-order valence-corrected chi connectivity index (χ2v) is 5.38. The molecule has 0 radical (unpaired) electrons. The van der Waals surface area contributed by atoms with Gasteiger partial charge in [-0.3, -0.25) is 0 Å². The Labute approximate surface area is 120 Å². The van der Waals surface area contributed by atoms with E-state index in [1.807, 2.05) is 0 Å². The molecule has 2 unspecified atom stereocenters. The molecule has 1 rings (SSSR count). The fourth-order valence-electron chi connectivity index (χ4n) is 2.34. The second-order valence-electron chi connectivity index (χ2n) is 4.97. The Bertz CT molecular complexity index is 386. The molecule has 19 heavy (non-hydrogen) atoms. The van der Waals surface area contributed by atoms with Gasteiger partial charge in [0.1, 0.15) is 5.82 Å². The molecule has 0 saturated heterocycles. The number of likely N-dealkylation sites (N-methyl/N-ethyl adjacent to an activating group) is 1. The van der Waals surface area contributed by atoms with E-state index in [9.17, 15) is 4.39 Å². The van der Waals surface area contributed by atoms with Gasteiger partial charge in [0.05, 0.1) is 5.02 Å². The number of nitrogens with one attached hydrogen (secondary N) is 1. The van der Waals surface area contributed by atoms with E-state index in [4.69, 9.17) is 16.3 Å². The topological polar surface area (TPSA) is 21.3 Å². The van der Waals surface area contributed by atoms with Crippen LogP contribution in [0.2, 0.25) is 5.02 Å². The predicted octanol–water partition coefficient (Wildman–Crippen LogP) is 3.67. The molecule has 2 atom stereocenters. The molecule has 2 nitrogen and oxygen atoms in total. The number of hydrogen-bond donors (Lipinski definition) is 1. The standard InChI is InChI=1S/C15H23ClFNO/c1-4-18-13(8-11(2)10-19-3)9-12-6-5-7-14(16)15(12)17/h5-7,11,13,18H,4,8-10H2,1-3H3. The summed E-state index contributed by atoms with van der Waals surface area (Å²) in [7, 11) is 1.70. The van der Waals surface area contributed by atoms with Crippen LogP contribution in [0.25, 0.3) is 0 Å². The molecule has 0 fully saturated rings. The molecular weight excluding hydrogens is 265 g/mol. The van der Waals surface area contributed by atoms with E-state index < -0.39 is 0 Å². The molecule has 0 bridgehead atoms. The van der Waals surface area contributed by atoms with Crippen LogP contribution in [0.4, 0.5) is 4.39 Å². The zero-order chi connectivity index (χ0) is 14.3. The zero-order valence-electron chi connectivity index (χ0n) is 11.9. The molecule has 0 aliphatic rings. The fraction of sp³-hybridized carbons (Fsp3) is 0.600. The molecule has 1 N–H and O–H groups in total. The Balaban J connectivity index is 2.69. The maximum Gasteiger partial charge on any atom is 0.145 e. The van der Waals surface area contributed by atoms with Crippen LogP contribution >= 0.6 is 11.6 Å². The molecule has 0 saturated carbocycles. The van der Waals surface area contributed by atoms with Crippen molar-refractivity contribution in [2.75, 3.05) is 20.3 Å². The molecule has 4 heteroatoms. The Morgan fingerprint density at radius 1 is 1.42 bits per heavy atom. The SMILES string of the molecule is CCNC(Cc1cccc(Cl)c1F)CC(C)COC. The van der Waals surface area contributed by atoms with E-state index in [1.54, 1.807) is 25.3 Å². The van der Waals surface area contributed by atoms with Crippen LogP contribution in [0.1, 0.15) is 25.8 Å². The number of hydrogen-bond acceptors (Lipinski definition) is 2. The van der Waals surface area contributed by atoms with Crippen LogP contribution in [0.3, 0.4) is 0 Å². The third kappa shape index (κ3) is 5.47. The molecular formula is C15H23ClFNO. The zero-order valence-corrected chi connectivity index (χ0v) is 12.6. The van der Waals surface area contributed by atoms with Crippen molar-refractivity contribution in [3.63, 3.8) is 0 Å². The van der Waals surface area contributed by atoms with Crippen molar-refractivity contribution < 1.29 is 9.13 Å². The summed E-state index contributed by atoms with van der Waals surface area (Å²) in [6, 6.07) is 5.41. The maximum absolute atomic E-state index is 13.9. The van der Waals surface area contributed by atoms with E-state index in [0.717, 1.165) is 19.6 Å². The van der Waals surface area contributed by atoms with Crippen LogP contribution in [-0.2, 0) is 11.2 Å². The Kier molecular flexibility index (Phi) is 7.36. The third-order valence-corrected chi connectivity index (χ3v) is 3.42. The minimum absolute atomic E-state index is 0.192. The van der Waals surface area contributed by atoms with E-state index in [1.165, 1.54) is 0 Å². The monoisotopic (exact) mass is 287 g/mol. The summed E-state index contributed by atoms with van der Waals surface area (Å²) in [5, 5.41) is 3.59. The van der Waals surface area contributed by atoms with Gasteiger partial charge in [-0.15, -0.1) is 0 Å². The lowest BCUT2D eigenvalue weighted by molar-refractivity contribution is 0.149. The van der Waals surface area contributed by atoms with Crippen molar-refractivity contribution in [3.05, 3.63) is 34.6 Å². The highest BCUT2D eigenvalue weighted by atomic mass is 35.5. The summed E-state index contributed by atoms with van der Waals surface area (Å²) in [5.41, 5.74) is 0.670. The van der Waals surface area contributed by atoms with Gasteiger partial charge in [0.2, 0.25) is 0 Å². The van der Waals surface area contributed by atoms with Crippen molar-refractivity contribution in [1.82, 2.24) is 5.32 Å². The number of benzene rings is 1. The number of ether oxygens (including phenoxy) is 1. The lowest BCUT2D eigenvalue weighted by Crippen LogP contribution is -2.33. The Hall–Kier alpha value is -0.640.